The predicted octanol–water partition coefficient (Wildman–Crippen LogP) is 0.384. The Labute approximate surface area is 97.9 Å². The van der Waals surface area contributed by atoms with Gasteiger partial charge in [0, 0.05) is 24.7 Å². The maximum Gasteiger partial charge on any atom is 0.270 e. The Bertz CT molecular complexity index is 589. The molecule has 17 heavy (non-hydrogen) atoms. The van der Waals surface area contributed by atoms with Gasteiger partial charge in [-0.25, -0.2) is 4.98 Å². The second kappa shape index (κ2) is 3.85. The van der Waals surface area contributed by atoms with Crippen LogP contribution in [0, 0.1) is 0 Å². The molecule has 0 aliphatic carbocycles. The Hall–Kier alpha value is -1.88. The SMILES string of the molecule is O=C1NCCc2c1ncc1[nH]cc(CCO)c21. The minimum absolute atomic E-state index is 0.107. The summed E-state index contributed by atoms with van der Waals surface area (Å²) in [5, 5.41) is 12.9. The Morgan fingerprint density at radius 3 is 3.18 bits per heavy atom. The van der Waals surface area contributed by atoms with Crippen molar-refractivity contribution in [1.82, 2.24) is 15.3 Å². The van der Waals surface area contributed by atoms with Crippen molar-refractivity contribution in [2.24, 2.45) is 0 Å². The number of pyridine rings is 1. The van der Waals surface area contributed by atoms with Crippen LogP contribution in [-0.2, 0) is 12.8 Å². The first-order chi connectivity index (χ1) is 8.31. The highest BCUT2D eigenvalue weighted by Crippen LogP contribution is 2.26. The van der Waals surface area contributed by atoms with Crippen molar-refractivity contribution in [2.45, 2.75) is 12.8 Å². The lowest BCUT2D eigenvalue weighted by Crippen LogP contribution is -2.32. The first-order valence-electron chi connectivity index (χ1n) is 5.68. The molecule has 0 atom stereocenters. The number of carbonyl (C=O) groups excluding carboxylic acids is 1. The van der Waals surface area contributed by atoms with E-state index < -0.39 is 0 Å². The lowest BCUT2D eigenvalue weighted by Gasteiger charge is -2.16. The molecule has 5 heteroatoms. The molecule has 2 aromatic heterocycles. The van der Waals surface area contributed by atoms with Gasteiger partial charge in [0.15, 0.2) is 0 Å². The second-order valence-electron chi connectivity index (χ2n) is 4.17. The van der Waals surface area contributed by atoms with E-state index in [0.717, 1.165) is 28.5 Å². The number of rotatable bonds is 2. The van der Waals surface area contributed by atoms with E-state index in [1.54, 1.807) is 6.20 Å². The molecule has 0 unspecified atom stereocenters. The van der Waals surface area contributed by atoms with Crippen molar-refractivity contribution in [1.29, 1.82) is 0 Å². The van der Waals surface area contributed by atoms with Gasteiger partial charge in [0.05, 0.1) is 11.7 Å². The molecular weight excluding hydrogens is 218 g/mol. The van der Waals surface area contributed by atoms with Gasteiger partial charge in [-0.15, -0.1) is 0 Å². The monoisotopic (exact) mass is 231 g/mol. The normalized spacial score (nSPS) is 14.8. The number of nitrogens with one attached hydrogen (secondary N) is 2. The lowest BCUT2D eigenvalue weighted by molar-refractivity contribution is 0.0941. The van der Waals surface area contributed by atoms with E-state index in [2.05, 4.69) is 15.3 Å². The van der Waals surface area contributed by atoms with Crippen molar-refractivity contribution >= 4 is 16.8 Å². The number of nitrogens with zero attached hydrogens (tertiary/aromatic N) is 1. The summed E-state index contributed by atoms with van der Waals surface area (Å²) in [5.41, 5.74) is 3.50. The predicted molar refractivity (Wildman–Crippen MR) is 62.9 cm³/mol. The molecule has 0 saturated heterocycles. The summed E-state index contributed by atoms with van der Waals surface area (Å²) in [7, 11) is 0. The van der Waals surface area contributed by atoms with E-state index in [9.17, 15) is 4.79 Å². The molecule has 0 radical (unpaired) electrons. The number of fused-ring (bicyclic) bond motifs is 3. The van der Waals surface area contributed by atoms with Crippen LogP contribution in [0.5, 0.6) is 0 Å². The van der Waals surface area contributed by atoms with Crippen molar-refractivity contribution in [2.75, 3.05) is 13.2 Å². The number of aromatic nitrogens is 2. The summed E-state index contributed by atoms with van der Waals surface area (Å²) >= 11 is 0. The van der Waals surface area contributed by atoms with Gasteiger partial charge >= 0.3 is 0 Å². The first-order valence-corrected chi connectivity index (χ1v) is 5.68. The number of H-pyrrole nitrogens is 1. The van der Waals surface area contributed by atoms with Crippen LogP contribution in [0.3, 0.4) is 0 Å². The highest BCUT2D eigenvalue weighted by molar-refractivity contribution is 6.00. The Kier molecular flexibility index (Phi) is 2.33. The molecule has 0 bridgehead atoms. The van der Waals surface area contributed by atoms with E-state index in [1.807, 2.05) is 6.20 Å². The number of hydrogen-bond donors (Lipinski definition) is 3. The summed E-state index contributed by atoms with van der Waals surface area (Å²) in [4.78, 5) is 19.0. The fourth-order valence-electron chi connectivity index (χ4n) is 2.41. The van der Waals surface area contributed by atoms with Gasteiger partial charge in [0.2, 0.25) is 0 Å². The van der Waals surface area contributed by atoms with Crippen LogP contribution in [0.15, 0.2) is 12.4 Å². The van der Waals surface area contributed by atoms with Gasteiger partial charge in [-0.05, 0) is 24.0 Å². The second-order valence-corrected chi connectivity index (χ2v) is 4.17. The third kappa shape index (κ3) is 1.51. The average Bonchev–Trinajstić information content (AvgIpc) is 2.74. The van der Waals surface area contributed by atoms with Crippen molar-refractivity contribution in [3.05, 3.63) is 29.2 Å². The van der Waals surface area contributed by atoms with Gasteiger partial charge in [-0.2, -0.15) is 0 Å². The van der Waals surface area contributed by atoms with Crippen LogP contribution < -0.4 is 5.32 Å². The van der Waals surface area contributed by atoms with Crippen molar-refractivity contribution in [3.63, 3.8) is 0 Å². The van der Waals surface area contributed by atoms with Gasteiger partial charge in [-0.3, -0.25) is 4.79 Å². The van der Waals surface area contributed by atoms with Crippen LogP contribution in [0.1, 0.15) is 21.6 Å². The summed E-state index contributed by atoms with van der Waals surface area (Å²) in [6, 6.07) is 0. The average molecular weight is 231 g/mol. The maximum absolute atomic E-state index is 11.7. The van der Waals surface area contributed by atoms with Gasteiger partial charge < -0.3 is 15.4 Å². The molecule has 3 rings (SSSR count). The highest BCUT2D eigenvalue weighted by Gasteiger charge is 2.22. The number of carbonyl (C=O) groups is 1. The van der Waals surface area contributed by atoms with Gasteiger partial charge in [0.1, 0.15) is 5.69 Å². The first kappa shape index (κ1) is 10.3. The van der Waals surface area contributed by atoms with E-state index in [0.29, 0.717) is 18.7 Å². The summed E-state index contributed by atoms with van der Waals surface area (Å²) in [6.45, 7) is 0.757. The van der Waals surface area contributed by atoms with Crippen LogP contribution in [0.4, 0.5) is 0 Å². The minimum atomic E-state index is -0.107. The molecule has 1 aliphatic rings. The molecule has 0 saturated carbocycles. The maximum atomic E-state index is 11.7. The Morgan fingerprint density at radius 1 is 1.47 bits per heavy atom. The minimum Gasteiger partial charge on any atom is -0.396 e. The van der Waals surface area contributed by atoms with Crippen LogP contribution in [0.25, 0.3) is 10.9 Å². The number of amides is 1. The molecule has 0 aromatic carbocycles. The van der Waals surface area contributed by atoms with Crippen LogP contribution in [0.2, 0.25) is 0 Å². The van der Waals surface area contributed by atoms with Gasteiger partial charge in [-0.1, -0.05) is 0 Å². The fraction of sp³-hybridized carbons (Fsp3) is 0.333. The van der Waals surface area contributed by atoms with E-state index >= 15 is 0 Å². The molecule has 0 fully saturated rings. The quantitative estimate of drug-likeness (QED) is 0.699. The zero-order chi connectivity index (χ0) is 11.8. The zero-order valence-electron chi connectivity index (χ0n) is 9.29. The van der Waals surface area contributed by atoms with Crippen LogP contribution in [-0.4, -0.2) is 34.1 Å². The number of hydrogen-bond acceptors (Lipinski definition) is 3. The summed E-state index contributed by atoms with van der Waals surface area (Å²) in [6.07, 6.45) is 4.95. The molecule has 0 spiro atoms. The molecule has 3 heterocycles. The summed E-state index contributed by atoms with van der Waals surface area (Å²) in [5.74, 6) is -0.107. The summed E-state index contributed by atoms with van der Waals surface area (Å²) < 4.78 is 0. The molecule has 1 aliphatic heterocycles. The number of aliphatic hydroxyl groups is 1. The smallest absolute Gasteiger partial charge is 0.270 e. The number of aromatic amines is 1. The molecule has 88 valence electrons. The van der Waals surface area contributed by atoms with Crippen molar-refractivity contribution in [3.8, 4) is 0 Å². The third-order valence-electron chi connectivity index (χ3n) is 3.16. The molecule has 5 nitrogen and oxygen atoms in total. The standard InChI is InChI=1S/C12H13N3O2/c16-4-2-7-5-14-9-6-15-11-8(10(7)9)1-3-13-12(11)17/h5-6,14,16H,1-4H2,(H,13,17). The zero-order valence-corrected chi connectivity index (χ0v) is 9.29. The highest BCUT2D eigenvalue weighted by atomic mass is 16.3. The third-order valence-corrected chi connectivity index (χ3v) is 3.16. The van der Waals surface area contributed by atoms with E-state index in [-0.39, 0.29) is 12.5 Å². The topological polar surface area (TPSA) is 78.0 Å². The van der Waals surface area contributed by atoms with E-state index in [1.165, 1.54) is 0 Å². The molecule has 2 aromatic rings. The van der Waals surface area contributed by atoms with Crippen molar-refractivity contribution < 1.29 is 9.90 Å². The Morgan fingerprint density at radius 2 is 2.35 bits per heavy atom. The lowest BCUT2D eigenvalue weighted by atomic mass is 9.98. The van der Waals surface area contributed by atoms with Gasteiger partial charge in [0.25, 0.3) is 5.91 Å². The van der Waals surface area contributed by atoms with E-state index in [4.69, 9.17) is 5.11 Å². The fourth-order valence-corrected chi connectivity index (χ4v) is 2.41. The molecular formula is C12H13N3O2. The molecule has 3 N–H and O–H groups in total. The molecule has 1 amide bonds. The number of aliphatic hydroxyl groups excluding tert-OH is 1. The Balaban J connectivity index is 2.27. The van der Waals surface area contributed by atoms with Crippen LogP contribution >= 0.6 is 0 Å². The largest absolute Gasteiger partial charge is 0.396 e.